The Morgan fingerprint density at radius 2 is 1.92 bits per heavy atom. The summed E-state index contributed by atoms with van der Waals surface area (Å²) in [5.41, 5.74) is 1.00. The number of hydrogen-bond acceptors (Lipinski definition) is 2. The van der Waals surface area contributed by atoms with Crippen LogP contribution in [0.4, 0.5) is 0 Å². The van der Waals surface area contributed by atoms with Gasteiger partial charge in [-0.05, 0) is 69.5 Å². The molecule has 3 nitrogen and oxygen atoms in total. The molecule has 138 valence electrons. The molecule has 25 heavy (non-hydrogen) atoms. The third kappa shape index (κ3) is 3.80. The van der Waals surface area contributed by atoms with Gasteiger partial charge in [0.2, 0.25) is 0 Å². The fourth-order valence-electron chi connectivity index (χ4n) is 4.93. The maximum atomic E-state index is 13.4. The predicted octanol–water partition coefficient (Wildman–Crippen LogP) is 4.95. The van der Waals surface area contributed by atoms with Crippen molar-refractivity contribution in [2.75, 3.05) is 20.1 Å². The highest BCUT2D eigenvalue weighted by molar-refractivity contribution is 9.10. The van der Waals surface area contributed by atoms with Crippen molar-refractivity contribution < 1.29 is 4.79 Å². The van der Waals surface area contributed by atoms with Crippen molar-refractivity contribution in [3.63, 3.8) is 0 Å². The molecule has 0 bridgehead atoms. The molecule has 0 aromatic heterocycles. The number of hydrogen-bond donors (Lipinski definition) is 0. The van der Waals surface area contributed by atoms with Gasteiger partial charge in [0.15, 0.2) is 0 Å². The van der Waals surface area contributed by atoms with Gasteiger partial charge in [0.1, 0.15) is 0 Å². The van der Waals surface area contributed by atoms with Crippen molar-refractivity contribution in [3.05, 3.63) is 34.3 Å². The Morgan fingerprint density at radius 1 is 1.24 bits per heavy atom. The minimum Gasteiger partial charge on any atom is -0.334 e. The second kappa shape index (κ2) is 7.79. The highest BCUT2D eigenvalue weighted by Crippen LogP contribution is 2.43. The molecule has 1 spiro atoms. The van der Waals surface area contributed by atoms with Crippen molar-refractivity contribution in [1.82, 2.24) is 9.80 Å². The number of likely N-dealkylation sites (tertiary alicyclic amines) is 1. The maximum absolute atomic E-state index is 13.4. The van der Waals surface area contributed by atoms with Crippen molar-refractivity contribution in [2.24, 2.45) is 5.92 Å². The first kappa shape index (κ1) is 18.9. The zero-order valence-electron chi connectivity index (χ0n) is 15.8. The number of nitrogens with zero attached hydrogens (tertiary/aromatic N) is 2. The van der Waals surface area contributed by atoms with Gasteiger partial charge in [-0.2, -0.15) is 0 Å². The molecule has 1 aliphatic carbocycles. The van der Waals surface area contributed by atoms with E-state index in [0.29, 0.717) is 12.0 Å². The first-order valence-corrected chi connectivity index (χ1v) is 10.5. The van der Waals surface area contributed by atoms with E-state index in [1.807, 2.05) is 24.3 Å². The molecule has 3 rings (SSSR count). The van der Waals surface area contributed by atoms with Gasteiger partial charge in [-0.1, -0.05) is 42.6 Å². The van der Waals surface area contributed by atoms with Crippen LogP contribution in [0.25, 0.3) is 0 Å². The highest BCUT2D eigenvalue weighted by Gasteiger charge is 2.49. The molecule has 0 radical (unpaired) electrons. The SMILES string of the molecule is CC(C)CN(C(=O)c1ccc(Br)cc1)[C@H]1CCCC[C@@]12CCCN2C. The lowest BCUT2D eigenvalue weighted by atomic mass is 9.74. The second-order valence-electron chi connectivity index (χ2n) is 8.25. The van der Waals surface area contributed by atoms with Gasteiger partial charge in [-0.25, -0.2) is 0 Å². The third-order valence-corrected chi connectivity index (χ3v) is 6.64. The van der Waals surface area contributed by atoms with Crippen molar-refractivity contribution in [1.29, 1.82) is 0 Å². The normalized spacial score (nSPS) is 27.2. The van der Waals surface area contributed by atoms with E-state index in [-0.39, 0.29) is 11.4 Å². The second-order valence-corrected chi connectivity index (χ2v) is 9.16. The minimum atomic E-state index is 0.193. The molecule has 1 amide bonds. The zero-order chi connectivity index (χ0) is 18.0. The molecule has 2 atom stereocenters. The lowest BCUT2D eigenvalue weighted by Crippen LogP contribution is -2.61. The Labute approximate surface area is 160 Å². The Balaban J connectivity index is 1.93. The lowest BCUT2D eigenvalue weighted by Gasteiger charge is -2.51. The van der Waals surface area contributed by atoms with Gasteiger partial charge in [-0.15, -0.1) is 0 Å². The minimum absolute atomic E-state index is 0.193. The number of benzene rings is 1. The summed E-state index contributed by atoms with van der Waals surface area (Å²) in [7, 11) is 2.27. The molecule has 1 saturated carbocycles. The van der Waals surface area contributed by atoms with Gasteiger partial charge in [-0.3, -0.25) is 9.69 Å². The molecule has 1 aromatic carbocycles. The van der Waals surface area contributed by atoms with Crippen LogP contribution in [0, 0.1) is 5.92 Å². The number of amides is 1. The molecule has 1 heterocycles. The third-order valence-electron chi connectivity index (χ3n) is 6.11. The summed E-state index contributed by atoms with van der Waals surface area (Å²) in [5.74, 6) is 0.679. The maximum Gasteiger partial charge on any atom is 0.254 e. The zero-order valence-corrected chi connectivity index (χ0v) is 17.4. The molecular weight excluding hydrogens is 376 g/mol. The first-order chi connectivity index (χ1) is 11.9. The average molecular weight is 407 g/mol. The van der Waals surface area contributed by atoms with E-state index in [1.165, 1.54) is 38.6 Å². The van der Waals surface area contributed by atoms with Crippen LogP contribution in [0.5, 0.6) is 0 Å². The van der Waals surface area contributed by atoms with Gasteiger partial charge < -0.3 is 4.90 Å². The monoisotopic (exact) mass is 406 g/mol. The van der Waals surface area contributed by atoms with E-state index in [9.17, 15) is 4.79 Å². The number of halogens is 1. The van der Waals surface area contributed by atoms with Crippen LogP contribution in [0.15, 0.2) is 28.7 Å². The van der Waals surface area contributed by atoms with Crippen molar-refractivity contribution in [3.8, 4) is 0 Å². The summed E-state index contributed by atoms with van der Waals surface area (Å²) in [4.78, 5) is 18.2. The standard InChI is InChI=1S/C21H31BrN2O/c1-16(2)15-24(20(25)17-8-10-18(22)11-9-17)19-7-4-5-12-21(19)13-6-14-23(21)3/h8-11,16,19H,4-7,12-15H2,1-3H3/t19-,21+/m0/s1. The Kier molecular flexibility index (Phi) is 5.89. The van der Waals surface area contributed by atoms with E-state index < -0.39 is 0 Å². The fourth-order valence-corrected chi connectivity index (χ4v) is 5.19. The van der Waals surface area contributed by atoms with Gasteiger partial charge in [0.25, 0.3) is 5.91 Å². The van der Waals surface area contributed by atoms with E-state index in [2.05, 4.69) is 46.6 Å². The van der Waals surface area contributed by atoms with Crippen LogP contribution in [-0.4, -0.2) is 47.4 Å². The predicted molar refractivity (Wildman–Crippen MR) is 107 cm³/mol. The Hall–Kier alpha value is -0.870. The molecule has 1 aliphatic heterocycles. The van der Waals surface area contributed by atoms with Gasteiger partial charge >= 0.3 is 0 Å². The molecule has 2 fully saturated rings. The molecular formula is C21H31BrN2O. The summed E-state index contributed by atoms with van der Waals surface area (Å²) in [6, 6.07) is 8.19. The van der Waals surface area contributed by atoms with E-state index >= 15 is 0 Å². The summed E-state index contributed by atoms with van der Waals surface area (Å²) in [6.07, 6.45) is 7.40. The molecule has 4 heteroatoms. The summed E-state index contributed by atoms with van der Waals surface area (Å²) < 4.78 is 1.02. The average Bonchev–Trinajstić information content (AvgIpc) is 2.94. The Bertz CT molecular complexity index is 600. The molecule has 0 N–H and O–H groups in total. The summed E-state index contributed by atoms with van der Waals surface area (Å²) >= 11 is 3.47. The summed E-state index contributed by atoms with van der Waals surface area (Å²) in [5, 5.41) is 0. The quantitative estimate of drug-likeness (QED) is 0.705. The summed E-state index contributed by atoms with van der Waals surface area (Å²) in [6.45, 7) is 6.44. The van der Waals surface area contributed by atoms with Gasteiger partial charge in [0, 0.05) is 22.1 Å². The van der Waals surface area contributed by atoms with Crippen LogP contribution in [0.3, 0.4) is 0 Å². The first-order valence-electron chi connectivity index (χ1n) is 9.72. The number of rotatable bonds is 4. The van der Waals surface area contributed by atoms with Gasteiger partial charge in [0.05, 0.1) is 6.04 Å². The van der Waals surface area contributed by atoms with Crippen LogP contribution < -0.4 is 0 Å². The molecule has 1 aromatic rings. The van der Waals surface area contributed by atoms with Crippen molar-refractivity contribution in [2.45, 2.75) is 64.0 Å². The largest absolute Gasteiger partial charge is 0.334 e. The topological polar surface area (TPSA) is 23.6 Å². The molecule has 1 saturated heterocycles. The van der Waals surface area contributed by atoms with Crippen molar-refractivity contribution >= 4 is 21.8 Å². The number of likely N-dealkylation sites (N-methyl/N-ethyl adjacent to an activating group) is 1. The van der Waals surface area contributed by atoms with Crippen LogP contribution in [0.1, 0.15) is 62.7 Å². The molecule has 2 aliphatic rings. The van der Waals surface area contributed by atoms with Crippen LogP contribution >= 0.6 is 15.9 Å². The van der Waals surface area contributed by atoms with E-state index in [1.54, 1.807) is 0 Å². The number of carbonyl (C=O) groups is 1. The van der Waals surface area contributed by atoms with E-state index in [0.717, 1.165) is 23.0 Å². The van der Waals surface area contributed by atoms with Crippen LogP contribution in [0.2, 0.25) is 0 Å². The Morgan fingerprint density at radius 3 is 2.52 bits per heavy atom. The van der Waals surface area contributed by atoms with Crippen LogP contribution in [-0.2, 0) is 0 Å². The lowest BCUT2D eigenvalue weighted by molar-refractivity contribution is 0.00300. The molecule has 0 unspecified atom stereocenters. The number of carbonyl (C=O) groups excluding carboxylic acids is 1. The smallest absolute Gasteiger partial charge is 0.254 e. The van der Waals surface area contributed by atoms with E-state index in [4.69, 9.17) is 0 Å². The fraction of sp³-hybridized carbons (Fsp3) is 0.667. The highest BCUT2D eigenvalue weighted by atomic mass is 79.9.